The Morgan fingerprint density at radius 3 is 2.75 bits per heavy atom. The van der Waals surface area contributed by atoms with E-state index in [-0.39, 0.29) is 30.7 Å². The van der Waals surface area contributed by atoms with Crippen LogP contribution in [-0.4, -0.2) is 39.5 Å². The molecule has 128 valence electrons. The van der Waals surface area contributed by atoms with Crippen molar-refractivity contribution in [1.29, 1.82) is 0 Å². The standard InChI is InChI=1S/C17H19FN2O3S/c1-11(2)20(7-6-16(21)22)17(23)14-10-24-15(19-14)9-12-4-3-5-13(18)8-12/h3-5,8,10-11H,6-7,9H2,1-2H3,(H,21,22). The van der Waals surface area contributed by atoms with E-state index in [2.05, 4.69) is 4.98 Å². The molecule has 0 radical (unpaired) electrons. The zero-order chi connectivity index (χ0) is 17.7. The van der Waals surface area contributed by atoms with Gasteiger partial charge in [-0.05, 0) is 31.5 Å². The number of hydrogen-bond donors (Lipinski definition) is 1. The number of amides is 1. The lowest BCUT2D eigenvalue weighted by molar-refractivity contribution is -0.137. The van der Waals surface area contributed by atoms with E-state index in [0.717, 1.165) is 5.56 Å². The number of hydrogen-bond acceptors (Lipinski definition) is 4. The van der Waals surface area contributed by atoms with Crippen LogP contribution in [-0.2, 0) is 11.2 Å². The summed E-state index contributed by atoms with van der Waals surface area (Å²) in [6.07, 6.45) is 0.344. The zero-order valence-corrected chi connectivity index (χ0v) is 14.3. The van der Waals surface area contributed by atoms with Gasteiger partial charge in [-0.25, -0.2) is 9.37 Å². The number of rotatable bonds is 7. The number of nitrogens with zero attached hydrogens (tertiary/aromatic N) is 2. The largest absolute Gasteiger partial charge is 0.481 e. The summed E-state index contributed by atoms with van der Waals surface area (Å²) in [4.78, 5) is 29.1. The van der Waals surface area contributed by atoms with Crippen molar-refractivity contribution in [3.63, 3.8) is 0 Å². The molecule has 0 aliphatic rings. The molecule has 1 aromatic heterocycles. The van der Waals surface area contributed by atoms with E-state index in [1.54, 1.807) is 17.5 Å². The number of carboxylic acid groups (broad SMARTS) is 1. The van der Waals surface area contributed by atoms with E-state index in [1.807, 2.05) is 13.8 Å². The van der Waals surface area contributed by atoms with Gasteiger partial charge in [0.25, 0.3) is 5.91 Å². The summed E-state index contributed by atoms with van der Waals surface area (Å²) < 4.78 is 13.2. The lowest BCUT2D eigenvalue weighted by atomic mass is 10.1. The Hall–Kier alpha value is -2.28. The fraction of sp³-hybridized carbons (Fsp3) is 0.353. The van der Waals surface area contributed by atoms with Gasteiger partial charge in [-0.3, -0.25) is 9.59 Å². The van der Waals surface area contributed by atoms with Crippen LogP contribution < -0.4 is 0 Å². The fourth-order valence-corrected chi connectivity index (χ4v) is 3.07. The van der Waals surface area contributed by atoms with E-state index in [4.69, 9.17) is 5.11 Å². The predicted octanol–water partition coefficient (Wildman–Crippen LogP) is 3.20. The molecule has 0 aliphatic heterocycles. The highest BCUT2D eigenvalue weighted by molar-refractivity contribution is 7.09. The third-order valence-corrected chi connectivity index (χ3v) is 4.31. The normalized spacial score (nSPS) is 10.8. The van der Waals surface area contributed by atoms with Crippen molar-refractivity contribution in [3.05, 3.63) is 51.7 Å². The molecular weight excluding hydrogens is 331 g/mol. The Kier molecular flexibility index (Phi) is 6.03. The smallest absolute Gasteiger partial charge is 0.305 e. The summed E-state index contributed by atoms with van der Waals surface area (Å²) >= 11 is 1.33. The Bertz CT molecular complexity index is 730. The third kappa shape index (κ3) is 4.86. The SMILES string of the molecule is CC(C)N(CCC(=O)O)C(=O)c1csc(Cc2cccc(F)c2)n1. The lowest BCUT2D eigenvalue weighted by Gasteiger charge is -2.25. The summed E-state index contributed by atoms with van der Waals surface area (Å²) in [5.41, 5.74) is 1.08. The third-order valence-electron chi connectivity index (χ3n) is 3.47. The molecule has 1 N–H and O–H groups in total. The minimum absolute atomic E-state index is 0.107. The van der Waals surface area contributed by atoms with Crippen LogP contribution in [0.4, 0.5) is 4.39 Å². The van der Waals surface area contributed by atoms with Crippen LogP contribution in [0.25, 0.3) is 0 Å². The summed E-state index contributed by atoms with van der Waals surface area (Å²) in [6.45, 7) is 3.81. The highest BCUT2D eigenvalue weighted by Gasteiger charge is 2.22. The number of halogens is 1. The molecular formula is C17H19FN2O3S. The molecule has 2 aromatic rings. The van der Waals surface area contributed by atoms with Crippen molar-refractivity contribution in [2.75, 3.05) is 6.54 Å². The monoisotopic (exact) mass is 350 g/mol. The maximum atomic E-state index is 13.2. The van der Waals surface area contributed by atoms with Gasteiger partial charge in [0.1, 0.15) is 11.5 Å². The van der Waals surface area contributed by atoms with Crippen molar-refractivity contribution >= 4 is 23.2 Å². The van der Waals surface area contributed by atoms with Gasteiger partial charge >= 0.3 is 5.97 Å². The van der Waals surface area contributed by atoms with Gasteiger partial charge < -0.3 is 10.0 Å². The van der Waals surface area contributed by atoms with Crippen LogP contribution in [0.1, 0.15) is 41.3 Å². The van der Waals surface area contributed by atoms with Gasteiger partial charge in [0.05, 0.1) is 11.4 Å². The van der Waals surface area contributed by atoms with Crippen molar-refractivity contribution in [2.24, 2.45) is 0 Å². The average molecular weight is 350 g/mol. The molecule has 0 fully saturated rings. The highest BCUT2D eigenvalue weighted by Crippen LogP contribution is 2.18. The molecule has 2 rings (SSSR count). The number of carbonyl (C=O) groups excluding carboxylic acids is 1. The maximum Gasteiger partial charge on any atom is 0.305 e. The van der Waals surface area contributed by atoms with Gasteiger partial charge in [0.15, 0.2) is 0 Å². The molecule has 0 aliphatic carbocycles. The number of carbonyl (C=O) groups is 2. The molecule has 1 amide bonds. The molecule has 1 heterocycles. The van der Waals surface area contributed by atoms with Gasteiger partial charge in [0, 0.05) is 24.4 Å². The van der Waals surface area contributed by atoms with Crippen LogP contribution in [0.2, 0.25) is 0 Å². The molecule has 24 heavy (non-hydrogen) atoms. The topological polar surface area (TPSA) is 70.5 Å². The number of aliphatic carboxylic acids is 1. The molecule has 0 saturated heterocycles. The first kappa shape index (κ1) is 18.1. The van der Waals surface area contributed by atoms with Crippen molar-refractivity contribution in [1.82, 2.24) is 9.88 Å². The Labute approximate surface area is 143 Å². The molecule has 0 atom stereocenters. The predicted molar refractivity (Wildman–Crippen MR) is 89.7 cm³/mol. The van der Waals surface area contributed by atoms with Crippen LogP contribution in [0.15, 0.2) is 29.6 Å². The molecule has 5 nitrogen and oxygen atoms in total. The quantitative estimate of drug-likeness (QED) is 0.832. The first-order valence-electron chi connectivity index (χ1n) is 7.58. The zero-order valence-electron chi connectivity index (χ0n) is 13.5. The summed E-state index contributed by atoms with van der Waals surface area (Å²) in [7, 11) is 0. The van der Waals surface area contributed by atoms with E-state index >= 15 is 0 Å². The number of benzene rings is 1. The Morgan fingerprint density at radius 2 is 2.12 bits per heavy atom. The minimum atomic E-state index is -0.946. The van der Waals surface area contributed by atoms with Crippen molar-refractivity contribution in [3.8, 4) is 0 Å². The molecule has 0 bridgehead atoms. The number of thiazole rings is 1. The molecule has 7 heteroatoms. The summed E-state index contributed by atoms with van der Waals surface area (Å²) in [5, 5.41) is 11.2. The van der Waals surface area contributed by atoms with E-state index in [0.29, 0.717) is 17.1 Å². The van der Waals surface area contributed by atoms with Crippen LogP contribution in [0.3, 0.4) is 0 Å². The van der Waals surface area contributed by atoms with Gasteiger partial charge in [-0.15, -0.1) is 11.3 Å². The molecule has 0 spiro atoms. The number of aromatic nitrogens is 1. The fourth-order valence-electron chi connectivity index (χ4n) is 2.27. The van der Waals surface area contributed by atoms with Crippen molar-refractivity contribution < 1.29 is 19.1 Å². The van der Waals surface area contributed by atoms with Gasteiger partial charge in [-0.1, -0.05) is 12.1 Å². The second kappa shape index (κ2) is 8.01. The average Bonchev–Trinajstić information content (AvgIpc) is 2.95. The highest BCUT2D eigenvalue weighted by atomic mass is 32.1. The number of carboxylic acids is 1. The molecule has 0 saturated carbocycles. The maximum absolute atomic E-state index is 13.2. The first-order valence-corrected chi connectivity index (χ1v) is 8.46. The van der Waals surface area contributed by atoms with Crippen molar-refractivity contribution in [2.45, 2.75) is 32.7 Å². The van der Waals surface area contributed by atoms with Gasteiger partial charge in [-0.2, -0.15) is 0 Å². The van der Waals surface area contributed by atoms with E-state index < -0.39 is 5.97 Å². The van der Waals surface area contributed by atoms with E-state index in [1.165, 1.54) is 28.4 Å². The second-order valence-electron chi connectivity index (χ2n) is 5.67. The lowest BCUT2D eigenvalue weighted by Crippen LogP contribution is -2.38. The molecule has 0 unspecified atom stereocenters. The minimum Gasteiger partial charge on any atom is -0.481 e. The molecule has 1 aromatic carbocycles. The Morgan fingerprint density at radius 1 is 1.38 bits per heavy atom. The van der Waals surface area contributed by atoms with Crippen LogP contribution in [0.5, 0.6) is 0 Å². The van der Waals surface area contributed by atoms with Crippen LogP contribution in [0, 0.1) is 5.82 Å². The Balaban J connectivity index is 2.10. The first-order chi connectivity index (χ1) is 11.4. The van der Waals surface area contributed by atoms with Gasteiger partial charge in [0.2, 0.25) is 0 Å². The van der Waals surface area contributed by atoms with E-state index in [9.17, 15) is 14.0 Å². The summed E-state index contributed by atoms with van der Waals surface area (Å²) in [5.74, 6) is -1.54. The second-order valence-corrected chi connectivity index (χ2v) is 6.61. The summed E-state index contributed by atoms with van der Waals surface area (Å²) in [6, 6.07) is 6.14. The van der Waals surface area contributed by atoms with Crippen LogP contribution >= 0.6 is 11.3 Å².